The molecule has 6 rings (SSSR count). The van der Waals surface area contributed by atoms with Gasteiger partial charge in [-0.3, -0.25) is 14.1 Å². The van der Waals surface area contributed by atoms with Crippen molar-refractivity contribution < 1.29 is 83.2 Å². The Morgan fingerprint density at radius 1 is 0.694 bits per heavy atom. The number of ether oxygens (including phenoxy) is 4. The average molecular weight is 887 g/mol. The standard InChI is InChI=1S/C21H26NO10P.C21H25NO7/c1-11-8-13(12-4-3-5-14(9-12)20(26)22-2)6-7-15(11)31-21-19(25)18(24)17(23)16(32-21)10-30-33(27,28)29;1-10-8-12(13-4-3-5-14(11(13)2)20(22)27)6-7-15(10)28-21-19(26)18(25)17(24)16(9-23)29-21/h3-9,16-19,21,23-25H,10H2,1-2H3,(H,22,26)(H2,27,28,29);3-8,16-19,21,23-26H,9H2,1-2H3,(H2,22,27)/t2*16-,17+,18-,19+,21-/m00/s1. The van der Waals surface area contributed by atoms with Crippen molar-refractivity contribution in [2.75, 3.05) is 20.3 Å². The first kappa shape index (κ1) is 48.2. The third-order valence-corrected chi connectivity index (χ3v) is 10.8. The normalized spacial score (nSPS) is 26.1. The summed E-state index contributed by atoms with van der Waals surface area (Å²) in [5.41, 5.74) is 11.8. The molecule has 0 spiro atoms. The molecule has 0 radical (unpaired) electrons. The molecule has 20 heteroatoms. The van der Waals surface area contributed by atoms with E-state index in [-0.39, 0.29) is 5.91 Å². The van der Waals surface area contributed by atoms with Gasteiger partial charge in [0.25, 0.3) is 5.91 Å². The lowest BCUT2D eigenvalue weighted by Gasteiger charge is -2.40. The van der Waals surface area contributed by atoms with Gasteiger partial charge in [0, 0.05) is 18.2 Å². The molecule has 2 fully saturated rings. The molecule has 62 heavy (non-hydrogen) atoms. The third kappa shape index (κ3) is 11.4. The van der Waals surface area contributed by atoms with Crippen LogP contribution in [0.1, 0.15) is 37.4 Å². The maximum atomic E-state index is 11.9. The van der Waals surface area contributed by atoms with Gasteiger partial charge in [-0.25, -0.2) is 4.57 Å². The number of amides is 2. The number of aryl methyl sites for hydroxylation is 2. The summed E-state index contributed by atoms with van der Waals surface area (Å²) >= 11 is 0. The van der Waals surface area contributed by atoms with Crippen LogP contribution < -0.4 is 20.5 Å². The molecule has 2 heterocycles. The van der Waals surface area contributed by atoms with Crippen LogP contribution in [0.25, 0.3) is 22.3 Å². The first-order valence-electron chi connectivity index (χ1n) is 19.2. The summed E-state index contributed by atoms with van der Waals surface area (Å²) in [5.74, 6) is 0.00363. The van der Waals surface area contributed by atoms with Crippen molar-refractivity contribution in [3.05, 3.63) is 107 Å². The molecule has 0 bridgehead atoms. The molecule has 12 N–H and O–H groups in total. The highest BCUT2D eigenvalue weighted by Crippen LogP contribution is 2.38. The molecule has 19 nitrogen and oxygen atoms in total. The minimum Gasteiger partial charge on any atom is -0.462 e. The summed E-state index contributed by atoms with van der Waals surface area (Å²) in [7, 11) is -3.29. The molecule has 336 valence electrons. The van der Waals surface area contributed by atoms with E-state index >= 15 is 0 Å². The van der Waals surface area contributed by atoms with E-state index in [1.165, 1.54) is 0 Å². The molecule has 0 saturated carbocycles. The van der Waals surface area contributed by atoms with Crippen molar-refractivity contribution in [3.8, 4) is 33.8 Å². The fourth-order valence-electron chi connectivity index (χ4n) is 6.85. The number of rotatable bonds is 12. The van der Waals surface area contributed by atoms with E-state index in [9.17, 15) is 49.9 Å². The van der Waals surface area contributed by atoms with Crippen LogP contribution in [0, 0.1) is 20.8 Å². The van der Waals surface area contributed by atoms with Crippen LogP contribution in [0.5, 0.6) is 11.5 Å². The number of carbonyl (C=O) groups excluding carboxylic acids is 2. The average Bonchev–Trinajstić information content (AvgIpc) is 3.24. The van der Waals surface area contributed by atoms with Crippen molar-refractivity contribution in [1.82, 2.24) is 5.32 Å². The monoisotopic (exact) mass is 886 g/mol. The fourth-order valence-corrected chi connectivity index (χ4v) is 7.19. The van der Waals surface area contributed by atoms with Crippen LogP contribution in [-0.4, -0.2) is 139 Å². The zero-order valence-electron chi connectivity index (χ0n) is 34.0. The number of aliphatic hydroxyl groups is 7. The second kappa shape index (κ2) is 20.6. The van der Waals surface area contributed by atoms with E-state index in [2.05, 4.69) is 9.84 Å². The maximum Gasteiger partial charge on any atom is 0.469 e. The van der Waals surface area contributed by atoms with E-state index in [1.54, 1.807) is 81.6 Å². The Morgan fingerprint density at radius 3 is 1.74 bits per heavy atom. The van der Waals surface area contributed by atoms with Crippen molar-refractivity contribution in [3.63, 3.8) is 0 Å². The van der Waals surface area contributed by atoms with E-state index in [4.69, 9.17) is 34.5 Å². The molecular formula is C42H51N2O17P. The van der Waals surface area contributed by atoms with Crippen molar-refractivity contribution in [1.29, 1.82) is 0 Å². The molecule has 2 amide bonds. The summed E-state index contributed by atoms with van der Waals surface area (Å²) < 4.78 is 37.5. The maximum absolute atomic E-state index is 11.9. The van der Waals surface area contributed by atoms with Gasteiger partial charge < -0.3 is 75.5 Å². The number of benzene rings is 4. The molecular weight excluding hydrogens is 835 g/mol. The first-order chi connectivity index (χ1) is 29.2. The Balaban J connectivity index is 0.000000236. The van der Waals surface area contributed by atoms with Crippen LogP contribution in [0.4, 0.5) is 0 Å². The minimum absolute atomic E-state index is 0.213. The molecule has 2 aliphatic rings. The van der Waals surface area contributed by atoms with Gasteiger partial charge in [-0.15, -0.1) is 0 Å². The lowest BCUT2D eigenvalue weighted by molar-refractivity contribution is -0.277. The summed E-state index contributed by atoms with van der Waals surface area (Å²) in [6.45, 7) is 4.11. The Morgan fingerprint density at radius 2 is 1.21 bits per heavy atom. The summed E-state index contributed by atoms with van der Waals surface area (Å²) in [6.07, 6.45) is -14.5. The molecule has 4 aromatic rings. The van der Waals surface area contributed by atoms with Crippen LogP contribution in [0.2, 0.25) is 0 Å². The zero-order chi connectivity index (χ0) is 45.6. The first-order valence-corrected chi connectivity index (χ1v) is 20.7. The minimum atomic E-state index is -4.84. The number of carbonyl (C=O) groups is 2. The lowest BCUT2D eigenvalue weighted by Crippen LogP contribution is -2.60. The van der Waals surface area contributed by atoms with Gasteiger partial charge in [-0.2, -0.15) is 0 Å². The van der Waals surface area contributed by atoms with Gasteiger partial charge in [-0.1, -0.05) is 36.4 Å². The van der Waals surface area contributed by atoms with Crippen molar-refractivity contribution in [2.24, 2.45) is 5.73 Å². The Hall–Kier alpha value is -4.83. The SMILES string of the molecule is CNC(=O)c1cccc(-c2ccc(O[C@H]3O[C@@H](COP(=O)(O)O)[C@@H](O)[C@H](O)[C@H]3O)c(C)c2)c1.Cc1cc(-c2cccc(C(N)=O)c2C)ccc1O[C@H]1O[C@@H](CO)[C@@H](O)[C@H](O)[C@H]1O. The van der Waals surface area contributed by atoms with Crippen LogP contribution in [0.15, 0.2) is 78.9 Å². The second-order valence-corrected chi connectivity index (χ2v) is 15.9. The second-order valence-electron chi connectivity index (χ2n) is 14.7. The van der Waals surface area contributed by atoms with Gasteiger partial charge >= 0.3 is 7.82 Å². The molecule has 10 atom stereocenters. The molecule has 4 aromatic carbocycles. The van der Waals surface area contributed by atoms with Crippen molar-refractivity contribution >= 4 is 19.6 Å². The number of phosphoric ester groups is 1. The van der Waals surface area contributed by atoms with Crippen molar-refractivity contribution in [2.45, 2.75) is 82.2 Å². The number of hydrogen-bond acceptors (Lipinski definition) is 15. The Kier molecular flexibility index (Phi) is 16.0. The third-order valence-electron chi connectivity index (χ3n) is 10.4. The lowest BCUT2D eigenvalue weighted by atomic mass is 9.95. The summed E-state index contributed by atoms with van der Waals surface area (Å²) in [6, 6.07) is 22.8. The predicted octanol–water partition coefficient (Wildman–Crippen LogP) is 0.565. The van der Waals surface area contributed by atoms with E-state index < -0.39 is 88.4 Å². The predicted molar refractivity (Wildman–Crippen MR) is 220 cm³/mol. The van der Waals surface area contributed by atoms with Gasteiger partial charge in [-0.05, 0) is 102 Å². The molecule has 0 aromatic heterocycles. The highest BCUT2D eigenvalue weighted by molar-refractivity contribution is 7.46. The fraction of sp³-hybridized carbons (Fsp3) is 0.381. The van der Waals surface area contributed by atoms with E-state index in [0.29, 0.717) is 28.2 Å². The van der Waals surface area contributed by atoms with Gasteiger partial charge in [0.15, 0.2) is 0 Å². The molecule has 2 saturated heterocycles. The molecule has 2 aliphatic heterocycles. The zero-order valence-corrected chi connectivity index (χ0v) is 34.9. The topological polar surface area (TPSA) is 317 Å². The van der Waals surface area contributed by atoms with Gasteiger partial charge in [0.05, 0.1) is 13.2 Å². The quantitative estimate of drug-likeness (QED) is 0.0866. The van der Waals surface area contributed by atoms with Crippen LogP contribution in [0.3, 0.4) is 0 Å². The highest BCUT2D eigenvalue weighted by Gasteiger charge is 2.46. The van der Waals surface area contributed by atoms with Crippen LogP contribution in [-0.2, 0) is 18.6 Å². The smallest absolute Gasteiger partial charge is 0.462 e. The number of primary amides is 1. The number of hydrogen-bond donors (Lipinski definition) is 11. The number of aliphatic hydroxyl groups excluding tert-OH is 7. The molecule has 0 aliphatic carbocycles. The number of phosphoric acid groups is 1. The van der Waals surface area contributed by atoms with Gasteiger partial charge in [0.1, 0.15) is 60.3 Å². The summed E-state index contributed by atoms with van der Waals surface area (Å²) in [4.78, 5) is 41.2. The van der Waals surface area contributed by atoms with Gasteiger partial charge in [0.2, 0.25) is 18.5 Å². The summed E-state index contributed by atoms with van der Waals surface area (Å²) in [5, 5.41) is 72.2. The van der Waals surface area contributed by atoms with Crippen LogP contribution >= 0.6 is 7.82 Å². The molecule has 0 unspecified atom stereocenters. The highest BCUT2D eigenvalue weighted by atomic mass is 31.2. The Bertz CT molecular complexity index is 2250. The van der Waals surface area contributed by atoms with E-state index in [0.717, 1.165) is 33.4 Å². The van der Waals surface area contributed by atoms with E-state index in [1.807, 2.05) is 25.1 Å². The Labute approximate surface area is 356 Å². The largest absolute Gasteiger partial charge is 0.469 e. The number of nitrogens with two attached hydrogens (primary N) is 1. The number of nitrogens with one attached hydrogen (secondary N) is 1.